The number of pyridine rings is 1. The second-order valence-electron chi connectivity index (χ2n) is 5.10. The molecule has 0 saturated carbocycles. The molecule has 106 valence electrons. The lowest BCUT2D eigenvalue weighted by atomic mass is 10.1. The van der Waals surface area contributed by atoms with Crippen molar-refractivity contribution in [2.45, 2.75) is 12.2 Å². The minimum atomic E-state index is -0.871. The van der Waals surface area contributed by atoms with Crippen molar-refractivity contribution in [1.29, 1.82) is 0 Å². The number of nitrogens with one attached hydrogen (secondary N) is 1. The van der Waals surface area contributed by atoms with Gasteiger partial charge in [0.25, 0.3) is 5.56 Å². The molecule has 3 aliphatic rings. The number of aromatic amines is 1. The molecule has 0 fully saturated rings. The molecule has 1 aromatic carbocycles. The standard InChI is InChI=1S/C15H13N3O2S/c19-15-11-8-16-13-6-7-21(20)9-12(13)14(11)17-18(15)10-4-2-1-3-5-10/h1-5,8,16H,6-7,9H2. The topological polar surface area (TPSA) is 73.7 Å². The van der Waals surface area contributed by atoms with Gasteiger partial charge in [0.15, 0.2) is 0 Å². The predicted molar refractivity (Wildman–Crippen MR) is 81.2 cm³/mol. The van der Waals surface area contributed by atoms with Crippen LogP contribution in [-0.4, -0.2) is 25.1 Å². The first-order valence-electron chi connectivity index (χ1n) is 6.76. The van der Waals surface area contributed by atoms with Crippen LogP contribution in [0.15, 0.2) is 41.3 Å². The van der Waals surface area contributed by atoms with Crippen molar-refractivity contribution in [1.82, 2.24) is 14.8 Å². The summed E-state index contributed by atoms with van der Waals surface area (Å²) < 4.78 is 13.2. The molecule has 4 rings (SSSR count). The van der Waals surface area contributed by atoms with Crippen LogP contribution in [-0.2, 0) is 23.3 Å². The van der Waals surface area contributed by atoms with Crippen molar-refractivity contribution in [3.8, 4) is 16.9 Å². The van der Waals surface area contributed by atoms with Crippen molar-refractivity contribution in [2.75, 3.05) is 5.75 Å². The Bertz CT molecular complexity index is 825. The number of para-hydroxylation sites is 1. The lowest BCUT2D eigenvalue weighted by Gasteiger charge is -2.20. The monoisotopic (exact) mass is 299 g/mol. The van der Waals surface area contributed by atoms with Gasteiger partial charge in [0, 0.05) is 23.9 Å². The lowest BCUT2D eigenvalue weighted by molar-refractivity contribution is 0.589. The Morgan fingerprint density at radius 1 is 1.29 bits per heavy atom. The number of hydrogen-bond donors (Lipinski definition) is 1. The minimum Gasteiger partial charge on any atom is -0.616 e. The van der Waals surface area contributed by atoms with Crippen molar-refractivity contribution in [3.63, 3.8) is 0 Å². The molecular weight excluding hydrogens is 286 g/mol. The quantitative estimate of drug-likeness (QED) is 0.692. The summed E-state index contributed by atoms with van der Waals surface area (Å²) in [6, 6.07) is 9.34. The number of aromatic nitrogens is 3. The summed E-state index contributed by atoms with van der Waals surface area (Å²) in [5.41, 5.74) is 3.78. The molecular formula is C15H13N3O2S. The molecule has 5 nitrogen and oxygen atoms in total. The third-order valence-electron chi connectivity index (χ3n) is 3.80. The maximum atomic E-state index is 12.5. The Morgan fingerprint density at radius 2 is 2.10 bits per heavy atom. The summed E-state index contributed by atoms with van der Waals surface area (Å²) in [7, 11) is 0. The summed E-state index contributed by atoms with van der Waals surface area (Å²) in [5.74, 6) is 1.13. The highest BCUT2D eigenvalue weighted by molar-refractivity contribution is 7.90. The molecule has 1 atom stereocenters. The number of fused-ring (bicyclic) bond motifs is 3. The maximum Gasteiger partial charge on any atom is 0.282 e. The fraction of sp³-hybridized carbons (Fsp3) is 0.200. The fourth-order valence-electron chi connectivity index (χ4n) is 2.73. The number of benzene rings is 1. The summed E-state index contributed by atoms with van der Waals surface area (Å²) in [6.45, 7) is 0. The number of H-pyrrole nitrogens is 1. The second kappa shape index (κ2) is 4.75. The zero-order valence-corrected chi connectivity index (χ0v) is 12.0. The van der Waals surface area contributed by atoms with Gasteiger partial charge in [0.1, 0.15) is 17.2 Å². The molecule has 0 bridgehead atoms. The summed E-state index contributed by atoms with van der Waals surface area (Å²) in [5, 5.41) is 4.48. The molecule has 3 heterocycles. The average molecular weight is 299 g/mol. The maximum absolute atomic E-state index is 12.5. The van der Waals surface area contributed by atoms with Gasteiger partial charge in [0.05, 0.1) is 11.3 Å². The number of aryl methyl sites for hydroxylation is 1. The van der Waals surface area contributed by atoms with E-state index in [-0.39, 0.29) is 5.56 Å². The van der Waals surface area contributed by atoms with E-state index in [4.69, 9.17) is 0 Å². The van der Waals surface area contributed by atoms with Gasteiger partial charge in [-0.2, -0.15) is 9.78 Å². The van der Waals surface area contributed by atoms with Crippen LogP contribution in [0.3, 0.4) is 0 Å². The van der Waals surface area contributed by atoms with E-state index < -0.39 is 11.2 Å². The van der Waals surface area contributed by atoms with Gasteiger partial charge in [-0.1, -0.05) is 18.2 Å². The number of rotatable bonds is 1. The highest BCUT2D eigenvalue weighted by atomic mass is 32.2. The van der Waals surface area contributed by atoms with Crippen LogP contribution in [0.5, 0.6) is 0 Å². The molecule has 1 N–H and O–H groups in total. The summed E-state index contributed by atoms with van der Waals surface area (Å²) in [6.07, 6.45) is 2.46. The van der Waals surface area contributed by atoms with Crippen LogP contribution in [0, 0.1) is 0 Å². The van der Waals surface area contributed by atoms with E-state index in [1.54, 1.807) is 6.20 Å². The van der Waals surface area contributed by atoms with Crippen LogP contribution in [0.2, 0.25) is 0 Å². The zero-order valence-electron chi connectivity index (χ0n) is 11.2. The van der Waals surface area contributed by atoms with Gasteiger partial charge in [-0.25, -0.2) is 0 Å². The highest BCUT2D eigenvalue weighted by Crippen LogP contribution is 2.29. The van der Waals surface area contributed by atoms with Gasteiger partial charge in [-0.3, -0.25) is 4.79 Å². The van der Waals surface area contributed by atoms with Crippen LogP contribution in [0.1, 0.15) is 11.3 Å². The second-order valence-corrected chi connectivity index (χ2v) is 6.68. The summed E-state index contributed by atoms with van der Waals surface area (Å²) in [4.78, 5) is 15.7. The van der Waals surface area contributed by atoms with Crippen molar-refractivity contribution >= 4 is 11.2 Å². The van der Waals surface area contributed by atoms with E-state index >= 15 is 0 Å². The molecule has 0 aliphatic carbocycles. The third kappa shape index (κ3) is 1.99. The van der Waals surface area contributed by atoms with Crippen LogP contribution in [0.25, 0.3) is 16.9 Å². The van der Waals surface area contributed by atoms with Gasteiger partial charge >= 0.3 is 0 Å². The Hall–Kier alpha value is -2.05. The SMILES string of the molecule is O=c1c2c[nH]c3c(c-2nn1-c1ccccc1)C[S+]([O-])CC3. The van der Waals surface area contributed by atoms with E-state index in [0.29, 0.717) is 22.8 Å². The molecule has 0 amide bonds. The largest absolute Gasteiger partial charge is 0.616 e. The van der Waals surface area contributed by atoms with Crippen molar-refractivity contribution < 1.29 is 4.55 Å². The zero-order chi connectivity index (χ0) is 14.4. The Balaban J connectivity index is 1.96. The van der Waals surface area contributed by atoms with Gasteiger partial charge in [-0.05, 0) is 23.3 Å². The van der Waals surface area contributed by atoms with Gasteiger partial charge < -0.3 is 9.54 Å². The van der Waals surface area contributed by atoms with E-state index in [0.717, 1.165) is 23.4 Å². The smallest absolute Gasteiger partial charge is 0.282 e. The van der Waals surface area contributed by atoms with E-state index in [2.05, 4.69) is 10.1 Å². The average Bonchev–Trinajstić information content (AvgIpc) is 2.86. The van der Waals surface area contributed by atoms with Crippen molar-refractivity contribution in [3.05, 3.63) is 58.1 Å². The molecule has 21 heavy (non-hydrogen) atoms. The van der Waals surface area contributed by atoms with Crippen molar-refractivity contribution in [2.24, 2.45) is 0 Å². The van der Waals surface area contributed by atoms with E-state index in [1.807, 2.05) is 30.3 Å². The number of hydrogen-bond acceptors (Lipinski definition) is 3. The molecule has 1 unspecified atom stereocenters. The molecule has 0 saturated heterocycles. The predicted octanol–water partition coefficient (Wildman–Crippen LogP) is 1.47. The van der Waals surface area contributed by atoms with Crippen LogP contribution < -0.4 is 5.56 Å². The Kier molecular flexibility index (Phi) is 2.87. The number of nitrogens with zero attached hydrogens (tertiary/aromatic N) is 2. The van der Waals surface area contributed by atoms with Crippen LogP contribution >= 0.6 is 0 Å². The highest BCUT2D eigenvalue weighted by Gasteiger charge is 2.28. The van der Waals surface area contributed by atoms with Crippen LogP contribution in [0.4, 0.5) is 0 Å². The molecule has 3 aliphatic heterocycles. The van der Waals surface area contributed by atoms with E-state index in [9.17, 15) is 9.35 Å². The molecule has 6 heteroatoms. The first-order chi connectivity index (χ1) is 10.2. The van der Waals surface area contributed by atoms with Gasteiger partial charge in [0.2, 0.25) is 0 Å². The van der Waals surface area contributed by atoms with E-state index in [1.165, 1.54) is 4.68 Å². The first-order valence-corrected chi connectivity index (χ1v) is 8.25. The fourth-order valence-corrected chi connectivity index (χ4v) is 3.94. The molecule has 0 spiro atoms. The molecule has 1 aromatic rings. The third-order valence-corrected chi connectivity index (χ3v) is 5.07. The Morgan fingerprint density at radius 3 is 2.90 bits per heavy atom. The molecule has 0 radical (unpaired) electrons. The molecule has 0 aromatic heterocycles. The Labute approximate surface area is 124 Å². The summed E-state index contributed by atoms with van der Waals surface area (Å²) >= 11 is -0.871. The normalized spacial score (nSPS) is 17.9. The lowest BCUT2D eigenvalue weighted by Crippen LogP contribution is -2.21. The van der Waals surface area contributed by atoms with Gasteiger partial charge in [-0.15, -0.1) is 0 Å². The first kappa shape index (κ1) is 12.7. The minimum absolute atomic E-state index is 0.147.